The summed E-state index contributed by atoms with van der Waals surface area (Å²) in [6.07, 6.45) is 5.66. The Morgan fingerprint density at radius 3 is 2.74 bits per heavy atom. The summed E-state index contributed by atoms with van der Waals surface area (Å²) in [5.41, 5.74) is 2.88. The van der Waals surface area contributed by atoms with Crippen LogP contribution in [0.5, 0.6) is 0 Å². The van der Waals surface area contributed by atoms with Gasteiger partial charge < -0.3 is 10.3 Å². The van der Waals surface area contributed by atoms with Crippen molar-refractivity contribution < 1.29 is 13.2 Å². The van der Waals surface area contributed by atoms with Crippen LogP contribution in [0.3, 0.4) is 0 Å². The van der Waals surface area contributed by atoms with E-state index in [1.165, 1.54) is 19.1 Å². The van der Waals surface area contributed by atoms with Crippen molar-refractivity contribution in [2.24, 2.45) is 0 Å². The molecule has 1 saturated carbocycles. The van der Waals surface area contributed by atoms with Gasteiger partial charge in [0.05, 0.1) is 16.6 Å². The van der Waals surface area contributed by atoms with Gasteiger partial charge in [-0.2, -0.15) is 0 Å². The molecule has 10 nitrogen and oxygen atoms in total. The highest BCUT2D eigenvalue weighted by molar-refractivity contribution is 7.89. The fraction of sp³-hybridized carbons (Fsp3) is 0.300. The van der Waals surface area contributed by atoms with Crippen molar-refractivity contribution in [1.82, 2.24) is 29.3 Å². The minimum Gasteiger partial charge on any atom is -0.345 e. The van der Waals surface area contributed by atoms with E-state index < -0.39 is 10.0 Å². The van der Waals surface area contributed by atoms with Crippen LogP contribution in [0.25, 0.3) is 16.8 Å². The Morgan fingerprint density at radius 2 is 1.97 bits per heavy atom. The zero-order chi connectivity index (χ0) is 21.6. The van der Waals surface area contributed by atoms with Gasteiger partial charge in [0.15, 0.2) is 11.3 Å². The van der Waals surface area contributed by atoms with E-state index in [9.17, 15) is 13.2 Å². The zero-order valence-corrected chi connectivity index (χ0v) is 17.6. The molecular formula is C20H21N7O3S. The molecule has 0 radical (unpaired) electrons. The number of rotatable bonds is 5. The fourth-order valence-electron chi connectivity index (χ4n) is 4.19. The van der Waals surface area contributed by atoms with E-state index in [2.05, 4.69) is 30.2 Å². The number of benzene rings is 1. The van der Waals surface area contributed by atoms with Crippen LogP contribution in [-0.2, 0) is 14.8 Å². The quantitative estimate of drug-likeness (QED) is 0.436. The molecular weight excluding hydrogens is 418 g/mol. The Morgan fingerprint density at radius 1 is 1.16 bits per heavy atom. The molecule has 1 fully saturated rings. The highest BCUT2D eigenvalue weighted by atomic mass is 32.2. The van der Waals surface area contributed by atoms with Crippen molar-refractivity contribution in [3.63, 3.8) is 0 Å². The van der Waals surface area contributed by atoms with Gasteiger partial charge in [-0.25, -0.2) is 18.1 Å². The second kappa shape index (κ2) is 7.43. The molecule has 31 heavy (non-hydrogen) atoms. The molecule has 3 N–H and O–H groups in total. The van der Waals surface area contributed by atoms with Gasteiger partial charge in [0.25, 0.3) is 0 Å². The van der Waals surface area contributed by atoms with Crippen LogP contribution in [0.2, 0.25) is 0 Å². The molecule has 0 aliphatic heterocycles. The number of hydrogen-bond donors (Lipinski definition) is 3. The molecule has 4 aromatic rings. The number of carbonyl (C=O) groups is 1. The Hall–Kier alpha value is -3.31. The van der Waals surface area contributed by atoms with Crippen LogP contribution >= 0.6 is 0 Å². The van der Waals surface area contributed by atoms with Gasteiger partial charge in [-0.1, -0.05) is 0 Å². The van der Waals surface area contributed by atoms with Crippen LogP contribution in [0.1, 0.15) is 37.9 Å². The Balaban J connectivity index is 1.33. The third-order valence-corrected chi connectivity index (χ3v) is 7.11. The Labute approximate surface area is 178 Å². The molecule has 1 aliphatic rings. The van der Waals surface area contributed by atoms with Crippen molar-refractivity contribution in [3.05, 3.63) is 48.5 Å². The summed E-state index contributed by atoms with van der Waals surface area (Å²) in [5, 5.41) is 11.2. The average Bonchev–Trinajstić information content (AvgIpc) is 3.45. The van der Waals surface area contributed by atoms with Crippen molar-refractivity contribution in [2.45, 2.75) is 43.0 Å². The van der Waals surface area contributed by atoms with Crippen LogP contribution in [0.15, 0.2) is 47.6 Å². The number of nitrogens with one attached hydrogen (secondary N) is 3. The Kier molecular flexibility index (Phi) is 4.71. The number of sulfonamides is 1. The van der Waals surface area contributed by atoms with E-state index in [-0.39, 0.29) is 22.8 Å². The number of nitrogens with zero attached hydrogens (tertiary/aromatic N) is 4. The first-order chi connectivity index (χ1) is 14.9. The van der Waals surface area contributed by atoms with Crippen LogP contribution in [-0.4, -0.2) is 44.9 Å². The van der Waals surface area contributed by atoms with Crippen molar-refractivity contribution in [2.75, 3.05) is 5.32 Å². The second-order valence-corrected chi connectivity index (χ2v) is 9.47. The topological polar surface area (TPSA) is 134 Å². The van der Waals surface area contributed by atoms with Crippen LogP contribution in [0.4, 0.5) is 5.69 Å². The van der Waals surface area contributed by atoms with E-state index in [0.29, 0.717) is 24.2 Å². The van der Waals surface area contributed by atoms with E-state index >= 15 is 0 Å². The molecule has 3 aromatic heterocycles. The summed E-state index contributed by atoms with van der Waals surface area (Å²) in [6, 6.07) is 7.87. The lowest BCUT2D eigenvalue weighted by atomic mass is 10.1. The van der Waals surface area contributed by atoms with E-state index in [1.54, 1.807) is 18.3 Å². The third kappa shape index (κ3) is 3.66. The summed E-state index contributed by atoms with van der Waals surface area (Å²) >= 11 is 0. The number of aromatic amines is 1. The maximum absolute atomic E-state index is 12.8. The summed E-state index contributed by atoms with van der Waals surface area (Å²) < 4.78 is 30.4. The zero-order valence-electron chi connectivity index (χ0n) is 16.7. The monoisotopic (exact) mass is 439 g/mol. The standard InChI is InChI=1S/C20H21N7O3S/c1-12(28)23-14-4-6-16(7-5-14)31(29,30)26-15-3-2-13(10-15)20-25-24-18-11-22-19-17(27(18)20)8-9-21-19/h4-9,11,13,15,21,26H,2-3,10H2,1H3,(H,23,28)/t13-,15+/m1/s1. The normalized spacial score (nSPS) is 19.3. The molecule has 1 aliphatic carbocycles. The molecule has 11 heteroatoms. The predicted octanol–water partition coefficient (Wildman–Crippen LogP) is 2.18. The SMILES string of the molecule is CC(=O)Nc1ccc(S(=O)(=O)N[C@H]2CC[C@@H](c3nnc4cnc5[nH]ccc5n34)C2)cc1. The van der Waals surface area contributed by atoms with E-state index in [1.807, 2.05) is 16.7 Å². The lowest BCUT2D eigenvalue weighted by Crippen LogP contribution is -2.33. The van der Waals surface area contributed by atoms with Gasteiger partial charge in [0, 0.05) is 30.8 Å². The lowest BCUT2D eigenvalue weighted by Gasteiger charge is -2.14. The minimum atomic E-state index is -3.67. The fourth-order valence-corrected chi connectivity index (χ4v) is 5.48. The number of aromatic nitrogens is 5. The van der Waals surface area contributed by atoms with Crippen molar-refractivity contribution in [1.29, 1.82) is 0 Å². The van der Waals surface area contributed by atoms with Gasteiger partial charge in [-0.3, -0.25) is 9.20 Å². The molecule has 0 spiro atoms. The summed E-state index contributed by atoms with van der Waals surface area (Å²) in [6.45, 7) is 1.40. The molecule has 0 unspecified atom stereocenters. The molecule has 5 rings (SSSR count). The molecule has 1 amide bonds. The average molecular weight is 440 g/mol. The molecule has 1 aromatic carbocycles. The lowest BCUT2D eigenvalue weighted by molar-refractivity contribution is -0.114. The summed E-state index contributed by atoms with van der Waals surface area (Å²) in [7, 11) is -3.67. The van der Waals surface area contributed by atoms with E-state index in [0.717, 1.165) is 23.4 Å². The molecule has 0 bridgehead atoms. The maximum Gasteiger partial charge on any atom is 0.240 e. The van der Waals surface area contributed by atoms with Gasteiger partial charge in [-0.15, -0.1) is 10.2 Å². The third-order valence-electron chi connectivity index (χ3n) is 5.57. The van der Waals surface area contributed by atoms with Crippen molar-refractivity contribution >= 4 is 38.4 Å². The number of hydrogen-bond acceptors (Lipinski definition) is 6. The summed E-state index contributed by atoms with van der Waals surface area (Å²) in [5.74, 6) is 0.702. The number of amides is 1. The highest BCUT2D eigenvalue weighted by Crippen LogP contribution is 2.35. The largest absolute Gasteiger partial charge is 0.345 e. The number of carbonyl (C=O) groups excluding carboxylic acids is 1. The predicted molar refractivity (Wildman–Crippen MR) is 114 cm³/mol. The number of anilines is 1. The summed E-state index contributed by atoms with van der Waals surface area (Å²) in [4.78, 5) is 18.7. The number of fused-ring (bicyclic) bond motifs is 3. The molecule has 0 saturated heterocycles. The molecule has 3 heterocycles. The van der Waals surface area contributed by atoms with E-state index in [4.69, 9.17) is 0 Å². The number of H-pyrrole nitrogens is 1. The Bertz CT molecular complexity index is 1380. The van der Waals surface area contributed by atoms with Crippen LogP contribution in [0, 0.1) is 0 Å². The van der Waals surface area contributed by atoms with Gasteiger partial charge in [-0.05, 0) is 49.6 Å². The smallest absolute Gasteiger partial charge is 0.240 e. The van der Waals surface area contributed by atoms with Gasteiger partial charge in [0.1, 0.15) is 5.82 Å². The van der Waals surface area contributed by atoms with Crippen LogP contribution < -0.4 is 10.0 Å². The first kappa shape index (κ1) is 19.6. The second-order valence-electron chi connectivity index (χ2n) is 7.76. The van der Waals surface area contributed by atoms with Gasteiger partial charge >= 0.3 is 0 Å². The highest BCUT2D eigenvalue weighted by Gasteiger charge is 2.32. The van der Waals surface area contributed by atoms with Gasteiger partial charge in [0.2, 0.25) is 15.9 Å². The minimum absolute atomic E-state index is 0.0883. The molecule has 2 atom stereocenters. The van der Waals surface area contributed by atoms with Crippen molar-refractivity contribution in [3.8, 4) is 0 Å². The molecule has 160 valence electrons. The first-order valence-corrected chi connectivity index (χ1v) is 11.5. The first-order valence-electron chi connectivity index (χ1n) is 9.98. The maximum atomic E-state index is 12.8.